The van der Waals surface area contributed by atoms with Crippen molar-refractivity contribution in [2.24, 2.45) is 0 Å². The molecule has 2 aliphatic rings. The molecule has 11 nitrogen and oxygen atoms in total. The molecule has 13 heteroatoms. The van der Waals surface area contributed by atoms with Gasteiger partial charge in [0.1, 0.15) is 23.7 Å². The summed E-state index contributed by atoms with van der Waals surface area (Å²) in [6.45, 7) is 0.961. The quantitative estimate of drug-likeness (QED) is 0.327. The van der Waals surface area contributed by atoms with Crippen LogP contribution in [0.15, 0.2) is 16.7 Å². The number of nitrogen functional groups attached to an aromatic ring is 1. The predicted molar refractivity (Wildman–Crippen MR) is 97.8 cm³/mol. The number of esters is 1. The van der Waals surface area contributed by atoms with Gasteiger partial charge < -0.3 is 26.0 Å². The number of nitrogens with two attached hydrogens (primary N) is 1. The molecule has 1 aromatic rings. The summed E-state index contributed by atoms with van der Waals surface area (Å²) in [5, 5.41) is 22.9. The SMILES string of the molecule is CC(=O)OCC1=C(C(=O)O)N2C(=O)[C@@H](NC(=O)C(O)c3csc(N)n3)[C@H]2SC1. The number of thiazole rings is 1. The van der Waals surface area contributed by atoms with Gasteiger partial charge in [0.05, 0.1) is 5.69 Å². The summed E-state index contributed by atoms with van der Waals surface area (Å²) in [5.74, 6) is -3.16. The summed E-state index contributed by atoms with van der Waals surface area (Å²) in [6.07, 6.45) is -1.60. The topological polar surface area (TPSA) is 172 Å². The van der Waals surface area contributed by atoms with Crippen molar-refractivity contribution in [3.05, 3.63) is 22.3 Å². The summed E-state index contributed by atoms with van der Waals surface area (Å²) in [4.78, 5) is 52.2. The van der Waals surface area contributed by atoms with Crippen LogP contribution in [-0.4, -0.2) is 67.6 Å². The largest absolute Gasteiger partial charge is 0.477 e. The first-order chi connectivity index (χ1) is 13.2. The van der Waals surface area contributed by atoms with Crippen molar-refractivity contribution >= 4 is 52.0 Å². The number of carbonyl (C=O) groups excluding carboxylic acids is 3. The van der Waals surface area contributed by atoms with Gasteiger partial charge in [-0.2, -0.15) is 0 Å². The lowest BCUT2D eigenvalue weighted by Gasteiger charge is -2.49. The minimum absolute atomic E-state index is 0.0646. The van der Waals surface area contributed by atoms with Crippen LogP contribution in [-0.2, 0) is 23.9 Å². The first kappa shape index (κ1) is 20.1. The molecule has 3 atom stereocenters. The molecular formula is C15H16N4O7S2. The number of carboxylic acids is 1. The number of aromatic nitrogens is 1. The molecule has 28 heavy (non-hydrogen) atoms. The molecule has 2 amide bonds. The Labute approximate surface area is 166 Å². The van der Waals surface area contributed by atoms with E-state index in [-0.39, 0.29) is 28.9 Å². The fourth-order valence-corrected chi connectivity index (χ4v) is 4.68. The van der Waals surface area contributed by atoms with E-state index in [1.54, 1.807) is 0 Å². The van der Waals surface area contributed by atoms with Gasteiger partial charge in [-0.3, -0.25) is 19.3 Å². The van der Waals surface area contributed by atoms with E-state index in [9.17, 15) is 29.4 Å². The molecule has 5 N–H and O–H groups in total. The molecule has 3 heterocycles. The highest BCUT2D eigenvalue weighted by Crippen LogP contribution is 2.40. The van der Waals surface area contributed by atoms with Crippen LogP contribution < -0.4 is 11.1 Å². The highest BCUT2D eigenvalue weighted by atomic mass is 32.2. The van der Waals surface area contributed by atoms with E-state index in [1.165, 1.54) is 24.1 Å². The molecule has 0 radical (unpaired) electrons. The molecule has 0 aliphatic carbocycles. The number of aliphatic hydroxyl groups is 1. The van der Waals surface area contributed by atoms with Crippen molar-refractivity contribution in [3.63, 3.8) is 0 Å². The molecule has 1 saturated heterocycles. The van der Waals surface area contributed by atoms with Gasteiger partial charge in [0, 0.05) is 23.6 Å². The number of nitrogens with zero attached hydrogens (tertiary/aromatic N) is 2. The number of rotatable bonds is 6. The molecule has 0 bridgehead atoms. The lowest BCUT2D eigenvalue weighted by atomic mass is 10.0. The molecule has 2 aliphatic heterocycles. The third-order valence-electron chi connectivity index (χ3n) is 4.07. The van der Waals surface area contributed by atoms with Crippen LogP contribution in [0, 0.1) is 0 Å². The van der Waals surface area contributed by atoms with E-state index in [2.05, 4.69) is 10.3 Å². The zero-order chi connectivity index (χ0) is 20.6. The highest BCUT2D eigenvalue weighted by Gasteiger charge is 2.54. The minimum atomic E-state index is -1.60. The van der Waals surface area contributed by atoms with E-state index in [4.69, 9.17) is 10.5 Å². The van der Waals surface area contributed by atoms with Crippen LogP contribution in [0.25, 0.3) is 0 Å². The molecule has 3 rings (SSSR count). The van der Waals surface area contributed by atoms with Crippen LogP contribution in [0.1, 0.15) is 18.7 Å². The molecule has 0 aromatic carbocycles. The average molecular weight is 428 g/mol. The highest BCUT2D eigenvalue weighted by molar-refractivity contribution is 8.00. The van der Waals surface area contributed by atoms with Crippen LogP contribution in [0.3, 0.4) is 0 Å². The monoisotopic (exact) mass is 428 g/mol. The number of anilines is 1. The summed E-state index contributed by atoms with van der Waals surface area (Å²) >= 11 is 2.28. The Kier molecular flexibility index (Phi) is 5.58. The summed E-state index contributed by atoms with van der Waals surface area (Å²) in [6, 6.07) is -0.993. The number of hydrogen-bond acceptors (Lipinski definition) is 10. The Morgan fingerprint density at radius 1 is 1.50 bits per heavy atom. The molecule has 1 aromatic heterocycles. The fourth-order valence-electron chi connectivity index (χ4n) is 2.78. The Morgan fingerprint density at radius 2 is 2.21 bits per heavy atom. The average Bonchev–Trinajstić information content (AvgIpc) is 3.08. The van der Waals surface area contributed by atoms with Crippen molar-refractivity contribution in [3.8, 4) is 0 Å². The minimum Gasteiger partial charge on any atom is -0.477 e. The lowest BCUT2D eigenvalue weighted by molar-refractivity contribution is -0.152. The third kappa shape index (κ3) is 3.68. The zero-order valence-electron chi connectivity index (χ0n) is 14.4. The Morgan fingerprint density at radius 3 is 2.79 bits per heavy atom. The smallest absolute Gasteiger partial charge is 0.352 e. The fraction of sp³-hybridized carbons (Fsp3) is 0.400. The van der Waals surface area contributed by atoms with Gasteiger partial charge in [0.15, 0.2) is 11.2 Å². The maximum absolute atomic E-state index is 12.5. The van der Waals surface area contributed by atoms with Gasteiger partial charge in [0.25, 0.3) is 11.8 Å². The number of amides is 2. The zero-order valence-corrected chi connectivity index (χ0v) is 16.1. The summed E-state index contributed by atoms with van der Waals surface area (Å²) in [5.41, 5.74) is 5.57. The van der Waals surface area contributed by atoms with E-state index in [1.807, 2.05) is 0 Å². The first-order valence-corrected chi connectivity index (χ1v) is 9.86. The maximum atomic E-state index is 12.5. The number of aliphatic carboxylic acids is 1. The van der Waals surface area contributed by atoms with Crippen molar-refractivity contribution < 1.29 is 34.1 Å². The molecule has 0 saturated carbocycles. The second-order valence-electron chi connectivity index (χ2n) is 5.95. The maximum Gasteiger partial charge on any atom is 0.352 e. The Hall–Kier alpha value is -2.64. The van der Waals surface area contributed by atoms with Crippen LogP contribution in [0.4, 0.5) is 5.13 Å². The number of hydrogen-bond donors (Lipinski definition) is 4. The molecule has 1 fully saturated rings. The second-order valence-corrected chi connectivity index (χ2v) is 7.94. The van der Waals surface area contributed by atoms with Crippen molar-refractivity contribution in [2.45, 2.75) is 24.4 Å². The van der Waals surface area contributed by atoms with Gasteiger partial charge in [-0.05, 0) is 0 Å². The van der Waals surface area contributed by atoms with Gasteiger partial charge in [0.2, 0.25) is 0 Å². The number of ether oxygens (including phenoxy) is 1. The molecule has 0 spiro atoms. The van der Waals surface area contributed by atoms with E-state index in [0.717, 1.165) is 16.2 Å². The van der Waals surface area contributed by atoms with Crippen molar-refractivity contribution in [1.29, 1.82) is 0 Å². The van der Waals surface area contributed by atoms with E-state index < -0.39 is 41.3 Å². The molecule has 150 valence electrons. The lowest BCUT2D eigenvalue weighted by Crippen LogP contribution is -2.71. The van der Waals surface area contributed by atoms with E-state index in [0.29, 0.717) is 5.57 Å². The predicted octanol–water partition coefficient (Wildman–Crippen LogP) is -0.940. The molecule has 1 unspecified atom stereocenters. The number of fused-ring (bicyclic) bond motifs is 1. The Balaban J connectivity index is 1.72. The molecular weight excluding hydrogens is 412 g/mol. The van der Waals surface area contributed by atoms with Crippen LogP contribution >= 0.6 is 23.1 Å². The van der Waals surface area contributed by atoms with Crippen molar-refractivity contribution in [2.75, 3.05) is 18.1 Å². The van der Waals surface area contributed by atoms with Gasteiger partial charge in [-0.15, -0.1) is 23.1 Å². The number of carboxylic acid groups (broad SMARTS) is 1. The second kappa shape index (κ2) is 7.77. The summed E-state index contributed by atoms with van der Waals surface area (Å²) in [7, 11) is 0. The summed E-state index contributed by atoms with van der Waals surface area (Å²) < 4.78 is 4.85. The van der Waals surface area contributed by atoms with Gasteiger partial charge >= 0.3 is 11.9 Å². The number of carbonyl (C=O) groups is 4. The van der Waals surface area contributed by atoms with Gasteiger partial charge in [-0.25, -0.2) is 9.78 Å². The van der Waals surface area contributed by atoms with Crippen LogP contribution in [0.5, 0.6) is 0 Å². The van der Waals surface area contributed by atoms with E-state index >= 15 is 0 Å². The Bertz CT molecular complexity index is 883. The normalized spacial score (nSPS) is 22.2. The van der Waals surface area contributed by atoms with Crippen LogP contribution in [0.2, 0.25) is 0 Å². The van der Waals surface area contributed by atoms with Crippen molar-refractivity contribution in [1.82, 2.24) is 15.2 Å². The number of nitrogens with one attached hydrogen (secondary N) is 1. The third-order valence-corrected chi connectivity index (χ3v) is 6.10. The number of thioether (sulfide) groups is 1. The van der Waals surface area contributed by atoms with Gasteiger partial charge in [-0.1, -0.05) is 0 Å². The number of aliphatic hydroxyl groups excluding tert-OH is 1. The first-order valence-electron chi connectivity index (χ1n) is 7.93. The standard InChI is InChI=1S/C15H16N4O7S2/c1-5(20)26-2-6-3-27-13-8(12(23)19(13)9(6)14(24)25)18-11(22)10(21)7-4-28-15(16)17-7/h4,8,10,13,21H,2-3H2,1H3,(H2,16,17)(H,18,22)(H,24,25)/t8-,10?,13-/m1/s1. The number of β-lactam (4-membered cyclic amide) rings is 1.